The van der Waals surface area contributed by atoms with Gasteiger partial charge in [-0.15, -0.1) is 0 Å². The van der Waals surface area contributed by atoms with E-state index in [9.17, 15) is 14.4 Å². The van der Waals surface area contributed by atoms with Crippen LogP contribution in [0, 0.1) is 0 Å². The van der Waals surface area contributed by atoms with E-state index >= 15 is 0 Å². The average molecular weight is 240 g/mol. The Hall–Kier alpha value is -1.63. The number of imide groups is 1. The zero-order valence-corrected chi connectivity index (χ0v) is 9.81. The molecule has 0 unspecified atom stereocenters. The van der Waals surface area contributed by atoms with E-state index in [0.717, 1.165) is 18.0 Å². The molecule has 0 radical (unpaired) electrons. The van der Waals surface area contributed by atoms with Gasteiger partial charge >= 0.3 is 6.03 Å². The second-order valence-corrected chi connectivity index (χ2v) is 4.25. The SMILES string of the molecule is CN1CC(=O)N(CC(=O)N2CCNCC2)C1=O. The molecule has 0 bridgehead atoms. The maximum absolute atomic E-state index is 11.9. The Labute approximate surface area is 99.3 Å². The third-order valence-electron chi connectivity index (χ3n) is 2.99. The molecule has 2 aliphatic heterocycles. The lowest BCUT2D eigenvalue weighted by molar-refractivity contribution is -0.136. The Balaban J connectivity index is 1.94. The van der Waals surface area contributed by atoms with Crippen molar-refractivity contribution in [2.24, 2.45) is 0 Å². The Kier molecular flexibility index (Phi) is 3.28. The maximum Gasteiger partial charge on any atom is 0.327 e. The molecule has 0 aromatic rings. The molecule has 2 saturated heterocycles. The normalized spacial score (nSPS) is 21.4. The van der Waals surface area contributed by atoms with Crippen LogP contribution in [0.15, 0.2) is 0 Å². The lowest BCUT2D eigenvalue weighted by Gasteiger charge is -2.28. The van der Waals surface area contributed by atoms with E-state index in [2.05, 4.69) is 5.32 Å². The number of urea groups is 1. The molecule has 7 nitrogen and oxygen atoms in total. The van der Waals surface area contributed by atoms with Crippen molar-refractivity contribution < 1.29 is 14.4 Å². The predicted molar refractivity (Wildman–Crippen MR) is 59.2 cm³/mol. The second-order valence-electron chi connectivity index (χ2n) is 4.25. The summed E-state index contributed by atoms with van der Waals surface area (Å²) in [6.07, 6.45) is 0. The van der Waals surface area contributed by atoms with Crippen molar-refractivity contribution in [2.75, 3.05) is 46.3 Å². The Morgan fingerprint density at radius 1 is 1.29 bits per heavy atom. The summed E-state index contributed by atoms with van der Waals surface area (Å²) in [4.78, 5) is 39.0. The predicted octanol–water partition coefficient (Wildman–Crippen LogP) is -1.69. The highest BCUT2D eigenvalue weighted by Gasteiger charge is 2.35. The summed E-state index contributed by atoms with van der Waals surface area (Å²) in [5.41, 5.74) is 0. The number of hydrogen-bond acceptors (Lipinski definition) is 4. The highest BCUT2D eigenvalue weighted by atomic mass is 16.2. The number of rotatable bonds is 2. The smallest absolute Gasteiger partial charge is 0.327 e. The van der Waals surface area contributed by atoms with Crippen LogP contribution in [0.1, 0.15) is 0 Å². The number of nitrogens with zero attached hydrogens (tertiary/aromatic N) is 3. The van der Waals surface area contributed by atoms with Crippen molar-refractivity contribution in [2.45, 2.75) is 0 Å². The third-order valence-corrected chi connectivity index (χ3v) is 2.99. The number of nitrogens with one attached hydrogen (secondary N) is 1. The molecule has 0 aromatic carbocycles. The zero-order valence-electron chi connectivity index (χ0n) is 9.81. The standard InChI is InChI=1S/C10H16N4O3/c1-12-6-9(16)14(10(12)17)7-8(15)13-4-2-11-3-5-13/h11H,2-7H2,1H3. The fourth-order valence-corrected chi connectivity index (χ4v) is 1.97. The summed E-state index contributed by atoms with van der Waals surface area (Å²) in [7, 11) is 1.55. The highest BCUT2D eigenvalue weighted by Crippen LogP contribution is 2.08. The summed E-state index contributed by atoms with van der Waals surface area (Å²) in [6.45, 7) is 2.70. The van der Waals surface area contributed by atoms with Crippen LogP contribution in [-0.4, -0.2) is 78.9 Å². The first kappa shape index (κ1) is 11.8. The Morgan fingerprint density at radius 2 is 1.94 bits per heavy atom. The largest absolute Gasteiger partial charge is 0.339 e. The van der Waals surface area contributed by atoms with Gasteiger partial charge in [0.05, 0.1) is 0 Å². The first-order valence-corrected chi connectivity index (χ1v) is 5.63. The van der Waals surface area contributed by atoms with E-state index < -0.39 is 6.03 Å². The van der Waals surface area contributed by atoms with Gasteiger partial charge < -0.3 is 15.1 Å². The number of hydrogen-bond donors (Lipinski definition) is 1. The highest BCUT2D eigenvalue weighted by molar-refractivity contribution is 6.04. The summed E-state index contributed by atoms with van der Waals surface area (Å²) in [5, 5.41) is 3.14. The van der Waals surface area contributed by atoms with Crippen LogP contribution >= 0.6 is 0 Å². The van der Waals surface area contributed by atoms with Gasteiger partial charge in [-0.3, -0.25) is 14.5 Å². The van der Waals surface area contributed by atoms with E-state index in [4.69, 9.17) is 0 Å². The van der Waals surface area contributed by atoms with Gasteiger partial charge in [-0.25, -0.2) is 4.79 Å². The van der Waals surface area contributed by atoms with Gasteiger partial charge in [-0.2, -0.15) is 0 Å². The van der Waals surface area contributed by atoms with Gasteiger partial charge in [-0.1, -0.05) is 0 Å². The van der Waals surface area contributed by atoms with Crippen LogP contribution in [-0.2, 0) is 9.59 Å². The minimum atomic E-state index is -0.390. The van der Waals surface area contributed by atoms with Crippen LogP contribution in [0.4, 0.5) is 4.79 Å². The lowest BCUT2D eigenvalue weighted by Crippen LogP contribution is -2.50. The molecule has 17 heavy (non-hydrogen) atoms. The molecule has 0 spiro atoms. The van der Waals surface area contributed by atoms with Gasteiger partial charge in [0.25, 0.3) is 5.91 Å². The molecule has 0 atom stereocenters. The van der Waals surface area contributed by atoms with E-state index in [0.29, 0.717) is 13.1 Å². The van der Waals surface area contributed by atoms with Crippen molar-refractivity contribution in [3.05, 3.63) is 0 Å². The Bertz CT molecular complexity index is 351. The molecule has 2 heterocycles. The van der Waals surface area contributed by atoms with Crippen molar-refractivity contribution in [1.29, 1.82) is 0 Å². The Morgan fingerprint density at radius 3 is 2.47 bits per heavy atom. The molecule has 0 aromatic heterocycles. The van der Waals surface area contributed by atoms with E-state index in [1.54, 1.807) is 11.9 Å². The number of carbonyl (C=O) groups is 3. The summed E-state index contributed by atoms with van der Waals surface area (Å²) >= 11 is 0. The summed E-state index contributed by atoms with van der Waals surface area (Å²) < 4.78 is 0. The summed E-state index contributed by atoms with van der Waals surface area (Å²) in [5.74, 6) is -0.468. The van der Waals surface area contributed by atoms with Crippen LogP contribution < -0.4 is 5.32 Å². The van der Waals surface area contributed by atoms with Crippen molar-refractivity contribution >= 4 is 17.8 Å². The molecule has 2 rings (SSSR count). The molecule has 94 valence electrons. The quantitative estimate of drug-likeness (QED) is 0.585. The number of carbonyl (C=O) groups excluding carboxylic acids is 3. The molecule has 4 amide bonds. The first-order chi connectivity index (χ1) is 8.09. The van der Waals surface area contributed by atoms with E-state index in [1.165, 1.54) is 4.90 Å². The zero-order chi connectivity index (χ0) is 12.4. The lowest BCUT2D eigenvalue weighted by atomic mass is 10.3. The van der Waals surface area contributed by atoms with Gasteiger partial charge in [0.15, 0.2) is 0 Å². The van der Waals surface area contributed by atoms with Gasteiger partial charge in [0, 0.05) is 33.2 Å². The minimum Gasteiger partial charge on any atom is -0.339 e. The van der Waals surface area contributed by atoms with Crippen LogP contribution in [0.5, 0.6) is 0 Å². The molecule has 7 heteroatoms. The topological polar surface area (TPSA) is 73.0 Å². The number of amides is 4. The number of piperazine rings is 1. The van der Waals surface area contributed by atoms with Gasteiger partial charge in [0.1, 0.15) is 13.1 Å². The van der Waals surface area contributed by atoms with Crippen molar-refractivity contribution in [3.8, 4) is 0 Å². The molecular weight excluding hydrogens is 224 g/mol. The third kappa shape index (κ3) is 2.38. The van der Waals surface area contributed by atoms with E-state index in [-0.39, 0.29) is 24.9 Å². The molecule has 2 aliphatic rings. The van der Waals surface area contributed by atoms with Crippen LogP contribution in [0.2, 0.25) is 0 Å². The molecule has 0 saturated carbocycles. The van der Waals surface area contributed by atoms with Crippen LogP contribution in [0.3, 0.4) is 0 Å². The maximum atomic E-state index is 11.9. The summed E-state index contributed by atoms with van der Waals surface area (Å²) in [6, 6.07) is -0.390. The molecule has 1 N–H and O–H groups in total. The molecular formula is C10H16N4O3. The average Bonchev–Trinajstić information content (AvgIpc) is 2.57. The van der Waals surface area contributed by atoms with Crippen LogP contribution in [0.25, 0.3) is 0 Å². The van der Waals surface area contributed by atoms with Crippen molar-refractivity contribution in [3.63, 3.8) is 0 Å². The van der Waals surface area contributed by atoms with Crippen molar-refractivity contribution in [1.82, 2.24) is 20.0 Å². The first-order valence-electron chi connectivity index (χ1n) is 5.63. The fourth-order valence-electron chi connectivity index (χ4n) is 1.97. The fraction of sp³-hybridized carbons (Fsp3) is 0.700. The second kappa shape index (κ2) is 4.70. The monoisotopic (exact) mass is 240 g/mol. The number of likely N-dealkylation sites (N-methyl/N-ethyl adjacent to an activating group) is 1. The minimum absolute atomic E-state index is 0.0632. The van der Waals surface area contributed by atoms with Gasteiger partial charge in [-0.05, 0) is 0 Å². The van der Waals surface area contributed by atoms with Gasteiger partial charge in [0.2, 0.25) is 5.91 Å². The molecule has 2 fully saturated rings. The molecule has 0 aliphatic carbocycles. The van der Waals surface area contributed by atoms with E-state index in [1.807, 2.05) is 0 Å².